The van der Waals surface area contributed by atoms with Crippen LogP contribution in [0.5, 0.6) is 5.75 Å². The molecule has 110 valence electrons. The van der Waals surface area contributed by atoms with E-state index in [0.29, 0.717) is 12.1 Å². The van der Waals surface area contributed by atoms with E-state index in [0.717, 1.165) is 23.4 Å². The third-order valence-corrected chi connectivity index (χ3v) is 3.21. The Labute approximate surface area is 124 Å². The van der Waals surface area contributed by atoms with Crippen molar-refractivity contribution >= 4 is 5.97 Å². The van der Waals surface area contributed by atoms with Gasteiger partial charge in [-0.15, -0.1) is 0 Å². The second kappa shape index (κ2) is 6.90. The highest BCUT2D eigenvalue weighted by atomic mass is 16.5. The Bertz CT molecular complexity index is 625. The van der Waals surface area contributed by atoms with Crippen LogP contribution in [-0.2, 0) is 13.1 Å². The van der Waals surface area contributed by atoms with Crippen LogP contribution in [0.1, 0.15) is 21.5 Å². The molecule has 1 N–H and O–H groups in total. The van der Waals surface area contributed by atoms with Gasteiger partial charge in [-0.2, -0.15) is 0 Å². The number of aromatic carboxylic acids is 1. The lowest BCUT2D eigenvalue weighted by Gasteiger charge is -2.17. The summed E-state index contributed by atoms with van der Waals surface area (Å²) in [6.07, 6.45) is 0. The number of rotatable bonds is 6. The van der Waals surface area contributed by atoms with Crippen molar-refractivity contribution in [2.45, 2.75) is 13.1 Å². The van der Waals surface area contributed by atoms with Gasteiger partial charge in [-0.1, -0.05) is 24.3 Å². The van der Waals surface area contributed by atoms with Crippen molar-refractivity contribution < 1.29 is 14.6 Å². The minimum atomic E-state index is -0.896. The van der Waals surface area contributed by atoms with E-state index in [9.17, 15) is 4.79 Å². The molecule has 0 spiro atoms. The van der Waals surface area contributed by atoms with Crippen molar-refractivity contribution in [1.82, 2.24) is 4.90 Å². The molecular weight excluding hydrogens is 266 g/mol. The zero-order valence-corrected chi connectivity index (χ0v) is 12.2. The summed E-state index contributed by atoms with van der Waals surface area (Å²) in [5, 5.41) is 9.01. The van der Waals surface area contributed by atoms with Gasteiger partial charge in [-0.05, 0) is 42.4 Å². The maximum atomic E-state index is 11.0. The van der Waals surface area contributed by atoms with Crippen LogP contribution in [-0.4, -0.2) is 30.1 Å². The van der Waals surface area contributed by atoms with Crippen molar-refractivity contribution in [2.75, 3.05) is 14.2 Å². The zero-order valence-electron chi connectivity index (χ0n) is 12.2. The Kier molecular flexibility index (Phi) is 4.95. The summed E-state index contributed by atoms with van der Waals surface area (Å²) in [6.45, 7) is 1.47. The lowest BCUT2D eigenvalue weighted by molar-refractivity contribution is 0.0696. The van der Waals surface area contributed by atoms with Crippen LogP contribution in [0, 0.1) is 0 Å². The number of hydrogen-bond donors (Lipinski definition) is 1. The van der Waals surface area contributed by atoms with Crippen molar-refractivity contribution in [3.05, 3.63) is 65.2 Å². The van der Waals surface area contributed by atoms with Gasteiger partial charge in [0.2, 0.25) is 0 Å². The number of ether oxygens (including phenoxy) is 1. The van der Waals surface area contributed by atoms with Crippen molar-refractivity contribution in [1.29, 1.82) is 0 Å². The number of methoxy groups -OCH3 is 1. The summed E-state index contributed by atoms with van der Waals surface area (Å²) in [4.78, 5) is 13.1. The molecule has 0 unspecified atom stereocenters. The van der Waals surface area contributed by atoms with E-state index in [2.05, 4.69) is 4.90 Å². The SMILES string of the molecule is COc1cccc(CN(C)Cc2cccc(C(=O)O)c2)c1. The van der Waals surface area contributed by atoms with E-state index in [1.165, 1.54) is 0 Å². The number of nitrogens with zero attached hydrogens (tertiary/aromatic N) is 1. The molecule has 21 heavy (non-hydrogen) atoms. The van der Waals surface area contributed by atoms with Crippen LogP contribution in [0.15, 0.2) is 48.5 Å². The molecular formula is C17H19NO3. The number of benzene rings is 2. The standard InChI is InChI=1S/C17H19NO3/c1-18(12-14-6-4-8-16(10-14)21-2)11-13-5-3-7-15(9-13)17(19)20/h3-10H,11-12H2,1-2H3,(H,19,20). The fourth-order valence-electron chi connectivity index (χ4n) is 2.25. The second-order valence-corrected chi connectivity index (χ2v) is 5.03. The number of carboxylic acid groups (broad SMARTS) is 1. The number of hydrogen-bond acceptors (Lipinski definition) is 3. The normalized spacial score (nSPS) is 10.6. The highest BCUT2D eigenvalue weighted by Gasteiger charge is 2.06. The van der Waals surface area contributed by atoms with Crippen molar-refractivity contribution in [3.8, 4) is 5.75 Å². The molecule has 0 saturated carbocycles. The second-order valence-electron chi connectivity index (χ2n) is 5.03. The molecule has 0 aliphatic rings. The number of carbonyl (C=O) groups is 1. The van der Waals surface area contributed by atoms with Gasteiger partial charge in [0.15, 0.2) is 0 Å². The average Bonchev–Trinajstić information content (AvgIpc) is 2.47. The van der Waals surface area contributed by atoms with Gasteiger partial charge in [0, 0.05) is 13.1 Å². The van der Waals surface area contributed by atoms with Gasteiger partial charge < -0.3 is 9.84 Å². The largest absolute Gasteiger partial charge is 0.497 e. The maximum absolute atomic E-state index is 11.0. The highest BCUT2D eigenvalue weighted by molar-refractivity contribution is 5.87. The Hall–Kier alpha value is -2.33. The first-order valence-corrected chi connectivity index (χ1v) is 6.72. The first-order valence-electron chi connectivity index (χ1n) is 6.72. The fourth-order valence-corrected chi connectivity index (χ4v) is 2.25. The molecule has 0 saturated heterocycles. The monoisotopic (exact) mass is 285 g/mol. The summed E-state index contributed by atoms with van der Waals surface area (Å²) in [6, 6.07) is 15.0. The highest BCUT2D eigenvalue weighted by Crippen LogP contribution is 2.15. The Balaban J connectivity index is 2.02. The first-order chi connectivity index (χ1) is 10.1. The minimum absolute atomic E-state index is 0.322. The smallest absolute Gasteiger partial charge is 0.335 e. The molecule has 0 aromatic heterocycles. The third-order valence-electron chi connectivity index (χ3n) is 3.21. The van der Waals surface area contributed by atoms with E-state index in [-0.39, 0.29) is 0 Å². The summed E-state index contributed by atoms with van der Waals surface area (Å²) < 4.78 is 5.21. The van der Waals surface area contributed by atoms with Crippen molar-refractivity contribution in [3.63, 3.8) is 0 Å². The van der Waals surface area contributed by atoms with Crippen molar-refractivity contribution in [2.24, 2.45) is 0 Å². The molecule has 2 aromatic rings. The topological polar surface area (TPSA) is 49.8 Å². The zero-order chi connectivity index (χ0) is 15.2. The predicted molar refractivity (Wildman–Crippen MR) is 81.6 cm³/mol. The van der Waals surface area contributed by atoms with Gasteiger partial charge in [0.1, 0.15) is 5.75 Å². The van der Waals surface area contributed by atoms with Gasteiger partial charge in [-0.3, -0.25) is 4.90 Å². The average molecular weight is 285 g/mol. The van der Waals surface area contributed by atoms with E-state index >= 15 is 0 Å². The van der Waals surface area contributed by atoms with Crippen LogP contribution < -0.4 is 4.74 Å². The number of carboxylic acids is 1. The molecule has 0 bridgehead atoms. The fraction of sp³-hybridized carbons (Fsp3) is 0.235. The van der Waals surface area contributed by atoms with E-state index in [1.807, 2.05) is 37.4 Å². The lowest BCUT2D eigenvalue weighted by Crippen LogP contribution is -2.17. The van der Waals surface area contributed by atoms with E-state index < -0.39 is 5.97 Å². The van der Waals surface area contributed by atoms with E-state index in [4.69, 9.17) is 9.84 Å². The molecule has 2 aromatic carbocycles. The van der Waals surface area contributed by atoms with Gasteiger partial charge >= 0.3 is 5.97 Å². The van der Waals surface area contributed by atoms with Crippen LogP contribution >= 0.6 is 0 Å². The lowest BCUT2D eigenvalue weighted by atomic mass is 10.1. The molecule has 0 radical (unpaired) electrons. The Morgan fingerprint density at radius 3 is 2.33 bits per heavy atom. The summed E-state index contributed by atoms with van der Waals surface area (Å²) >= 11 is 0. The summed E-state index contributed by atoms with van der Waals surface area (Å²) in [7, 11) is 3.66. The molecule has 4 heteroatoms. The Morgan fingerprint density at radius 1 is 1.10 bits per heavy atom. The molecule has 0 heterocycles. The molecule has 0 aliphatic heterocycles. The first kappa shape index (κ1) is 15.1. The van der Waals surface area contributed by atoms with Crippen LogP contribution in [0.3, 0.4) is 0 Å². The predicted octanol–water partition coefficient (Wildman–Crippen LogP) is 3.03. The van der Waals surface area contributed by atoms with Crippen LogP contribution in [0.4, 0.5) is 0 Å². The van der Waals surface area contributed by atoms with Gasteiger partial charge in [0.25, 0.3) is 0 Å². The van der Waals surface area contributed by atoms with Crippen LogP contribution in [0.2, 0.25) is 0 Å². The Morgan fingerprint density at radius 2 is 1.71 bits per heavy atom. The van der Waals surface area contributed by atoms with Gasteiger partial charge in [-0.25, -0.2) is 4.79 Å². The molecule has 0 atom stereocenters. The molecule has 4 nitrogen and oxygen atoms in total. The maximum Gasteiger partial charge on any atom is 0.335 e. The van der Waals surface area contributed by atoms with Gasteiger partial charge in [0.05, 0.1) is 12.7 Å². The third kappa shape index (κ3) is 4.33. The quantitative estimate of drug-likeness (QED) is 0.886. The molecule has 0 amide bonds. The van der Waals surface area contributed by atoms with Crippen LogP contribution in [0.25, 0.3) is 0 Å². The summed E-state index contributed by atoms with van der Waals surface area (Å²) in [5.74, 6) is -0.0546. The molecule has 2 rings (SSSR count). The molecule has 0 aliphatic carbocycles. The molecule has 0 fully saturated rings. The minimum Gasteiger partial charge on any atom is -0.497 e. The summed E-state index contributed by atoms with van der Waals surface area (Å²) in [5.41, 5.74) is 2.47. The van der Waals surface area contributed by atoms with E-state index in [1.54, 1.807) is 25.3 Å².